The van der Waals surface area contributed by atoms with Gasteiger partial charge in [-0.05, 0) is 54.3 Å². The van der Waals surface area contributed by atoms with Crippen molar-refractivity contribution in [2.45, 2.75) is 12.3 Å². The van der Waals surface area contributed by atoms with Gasteiger partial charge in [0.05, 0.1) is 0 Å². The molecule has 0 aliphatic heterocycles. The Morgan fingerprint density at radius 1 is 1.26 bits per heavy atom. The van der Waals surface area contributed by atoms with Crippen LogP contribution in [0.3, 0.4) is 0 Å². The molecule has 27 heavy (non-hydrogen) atoms. The molecule has 2 atom stereocenters. The number of nitrogens with one attached hydrogen (secondary N) is 3. The monoisotopic (exact) mass is 380 g/mol. The first-order chi connectivity index (χ1) is 13.1. The van der Waals surface area contributed by atoms with E-state index in [1.807, 2.05) is 23.6 Å². The summed E-state index contributed by atoms with van der Waals surface area (Å²) in [5, 5.41) is 16.2. The highest BCUT2D eigenvalue weighted by Crippen LogP contribution is 2.48. The highest BCUT2D eigenvalue weighted by atomic mass is 32.1. The Hall–Kier alpha value is -3.06. The summed E-state index contributed by atoms with van der Waals surface area (Å²) in [4.78, 5) is 16.4. The number of amides is 1. The van der Waals surface area contributed by atoms with Crippen LogP contribution in [0.15, 0.2) is 54.0 Å². The second-order valence-electron chi connectivity index (χ2n) is 6.40. The molecular weight excluding hydrogens is 363 g/mol. The first kappa shape index (κ1) is 17.4. The van der Waals surface area contributed by atoms with E-state index in [9.17, 15) is 9.18 Å². The highest BCUT2D eigenvalue weighted by molar-refractivity contribution is 7.13. The van der Waals surface area contributed by atoms with Crippen LogP contribution in [-0.2, 0) is 4.79 Å². The fourth-order valence-corrected chi connectivity index (χ4v) is 3.60. The van der Waals surface area contributed by atoms with Crippen LogP contribution in [0, 0.1) is 17.1 Å². The van der Waals surface area contributed by atoms with E-state index in [1.54, 1.807) is 18.3 Å². The first-order valence-electron chi connectivity index (χ1n) is 8.51. The van der Waals surface area contributed by atoms with Crippen LogP contribution < -0.4 is 10.6 Å². The van der Waals surface area contributed by atoms with Crippen molar-refractivity contribution < 1.29 is 9.18 Å². The SMILES string of the molecule is N=Cc1cc(C2CC2C(=O)Nc2nccs2)ccc1Nc1ccc(F)cc1. The molecule has 1 fully saturated rings. The molecule has 1 aliphatic carbocycles. The minimum atomic E-state index is -0.293. The molecule has 0 bridgehead atoms. The van der Waals surface area contributed by atoms with Crippen LogP contribution in [0.25, 0.3) is 0 Å². The zero-order valence-corrected chi connectivity index (χ0v) is 15.1. The second kappa shape index (κ2) is 7.28. The van der Waals surface area contributed by atoms with Crippen LogP contribution in [-0.4, -0.2) is 17.1 Å². The number of hydrogen-bond donors (Lipinski definition) is 3. The molecule has 0 saturated heterocycles. The number of aromatic nitrogens is 1. The maximum absolute atomic E-state index is 13.0. The minimum Gasteiger partial charge on any atom is -0.355 e. The predicted molar refractivity (Wildman–Crippen MR) is 106 cm³/mol. The zero-order chi connectivity index (χ0) is 18.8. The lowest BCUT2D eigenvalue weighted by molar-refractivity contribution is -0.117. The third-order valence-corrected chi connectivity index (χ3v) is 5.26. The van der Waals surface area contributed by atoms with Crippen molar-refractivity contribution in [3.05, 3.63) is 71.0 Å². The number of halogens is 1. The molecule has 2 unspecified atom stereocenters. The number of anilines is 3. The predicted octanol–water partition coefficient (Wildman–Crippen LogP) is 4.77. The van der Waals surface area contributed by atoms with Crippen molar-refractivity contribution in [3.8, 4) is 0 Å². The third-order valence-electron chi connectivity index (χ3n) is 4.57. The number of carbonyl (C=O) groups is 1. The van der Waals surface area contributed by atoms with Gasteiger partial charge in [-0.25, -0.2) is 9.37 Å². The Bertz CT molecular complexity index is 972. The number of carbonyl (C=O) groups excluding carboxylic acids is 1. The van der Waals surface area contributed by atoms with Gasteiger partial charge in [-0.1, -0.05) is 6.07 Å². The summed E-state index contributed by atoms with van der Waals surface area (Å²) in [5.41, 5.74) is 3.28. The zero-order valence-electron chi connectivity index (χ0n) is 14.3. The molecule has 1 aromatic heterocycles. The second-order valence-corrected chi connectivity index (χ2v) is 7.29. The van der Waals surface area contributed by atoms with E-state index in [-0.39, 0.29) is 23.6 Å². The molecule has 5 nitrogen and oxygen atoms in total. The Balaban J connectivity index is 1.46. The van der Waals surface area contributed by atoms with Gasteiger partial charge in [0.2, 0.25) is 5.91 Å². The molecule has 1 heterocycles. The van der Waals surface area contributed by atoms with E-state index < -0.39 is 0 Å². The number of nitrogens with zero attached hydrogens (tertiary/aromatic N) is 1. The summed E-state index contributed by atoms with van der Waals surface area (Å²) in [5.74, 6) is -0.217. The number of hydrogen-bond acceptors (Lipinski definition) is 5. The fourth-order valence-electron chi connectivity index (χ4n) is 3.07. The van der Waals surface area contributed by atoms with Crippen molar-refractivity contribution in [2.24, 2.45) is 5.92 Å². The Kier molecular flexibility index (Phi) is 4.68. The van der Waals surface area contributed by atoms with Gasteiger partial charge in [-0.3, -0.25) is 4.79 Å². The van der Waals surface area contributed by atoms with Gasteiger partial charge in [-0.15, -0.1) is 11.3 Å². The molecule has 3 N–H and O–H groups in total. The molecule has 0 spiro atoms. The van der Waals surface area contributed by atoms with Crippen molar-refractivity contribution in [2.75, 3.05) is 10.6 Å². The van der Waals surface area contributed by atoms with E-state index in [1.165, 1.54) is 29.7 Å². The summed E-state index contributed by atoms with van der Waals surface area (Å²) < 4.78 is 13.0. The van der Waals surface area contributed by atoms with E-state index in [4.69, 9.17) is 5.41 Å². The average molecular weight is 380 g/mol. The van der Waals surface area contributed by atoms with Gasteiger partial charge in [0.1, 0.15) is 5.82 Å². The summed E-state index contributed by atoms with van der Waals surface area (Å²) in [6.45, 7) is 0. The maximum atomic E-state index is 13.0. The molecule has 1 saturated carbocycles. The lowest BCUT2D eigenvalue weighted by Gasteiger charge is -2.11. The highest BCUT2D eigenvalue weighted by Gasteiger charge is 2.44. The fraction of sp³-hybridized carbons (Fsp3) is 0.150. The minimum absolute atomic E-state index is 0.0140. The van der Waals surface area contributed by atoms with Crippen molar-refractivity contribution in [3.63, 3.8) is 0 Å². The summed E-state index contributed by atoms with van der Waals surface area (Å²) in [7, 11) is 0. The normalized spacial score (nSPS) is 18.0. The molecule has 2 aromatic carbocycles. The first-order valence-corrected chi connectivity index (χ1v) is 9.39. The molecule has 136 valence electrons. The van der Waals surface area contributed by atoms with Crippen LogP contribution in [0.1, 0.15) is 23.5 Å². The Morgan fingerprint density at radius 2 is 2.07 bits per heavy atom. The van der Waals surface area contributed by atoms with Crippen LogP contribution in [0.5, 0.6) is 0 Å². The van der Waals surface area contributed by atoms with E-state index in [2.05, 4.69) is 15.6 Å². The average Bonchev–Trinajstić information content (AvgIpc) is 3.33. The Morgan fingerprint density at radius 3 is 2.78 bits per heavy atom. The summed E-state index contributed by atoms with van der Waals surface area (Å²) >= 11 is 1.40. The largest absolute Gasteiger partial charge is 0.355 e. The smallest absolute Gasteiger partial charge is 0.229 e. The third kappa shape index (κ3) is 3.88. The number of rotatable bonds is 6. The van der Waals surface area contributed by atoms with Crippen LogP contribution in [0.4, 0.5) is 20.9 Å². The van der Waals surface area contributed by atoms with Crippen LogP contribution in [0.2, 0.25) is 0 Å². The lowest BCUT2D eigenvalue weighted by atomic mass is 10.0. The quantitative estimate of drug-likeness (QED) is 0.539. The van der Waals surface area contributed by atoms with Gasteiger partial charge in [0.25, 0.3) is 0 Å². The molecular formula is C20H17FN4OS. The molecule has 0 radical (unpaired) electrons. The number of benzene rings is 2. The van der Waals surface area contributed by atoms with Gasteiger partial charge in [0, 0.05) is 40.6 Å². The van der Waals surface area contributed by atoms with Crippen molar-refractivity contribution in [1.82, 2.24) is 4.98 Å². The lowest BCUT2D eigenvalue weighted by Crippen LogP contribution is -2.14. The molecule has 4 rings (SSSR count). The van der Waals surface area contributed by atoms with E-state index in [0.717, 1.165) is 28.9 Å². The molecule has 1 aliphatic rings. The van der Waals surface area contributed by atoms with Crippen molar-refractivity contribution >= 4 is 40.0 Å². The number of thiazole rings is 1. The topological polar surface area (TPSA) is 77.9 Å². The van der Waals surface area contributed by atoms with Gasteiger partial charge in [0.15, 0.2) is 5.13 Å². The van der Waals surface area contributed by atoms with Gasteiger partial charge < -0.3 is 16.0 Å². The molecule has 1 amide bonds. The standard InChI is InChI=1S/C20H17FN4OS/c21-14-2-4-15(5-3-14)24-18-6-1-12(9-13(18)11-22)16-10-17(16)19(26)25-20-23-7-8-27-20/h1-9,11,16-17,22,24H,10H2,(H,23,25,26). The maximum Gasteiger partial charge on any atom is 0.229 e. The van der Waals surface area contributed by atoms with E-state index in [0.29, 0.717) is 5.13 Å². The van der Waals surface area contributed by atoms with Crippen LogP contribution >= 0.6 is 11.3 Å². The summed E-state index contributed by atoms with van der Waals surface area (Å²) in [6.07, 6.45) is 3.73. The molecule has 7 heteroatoms. The van der Waals surface area contributed by atoms with Gasteiger partial charge in [-0.2, -0.15) is 0 Å². The molecule has 3 aromatic rings. The van der Waals surface area contributed by atoms with E-state index >= 15 is 0 Å². The van der Waals surface area contributed by atoms with Crippen molar-refractivity contribution in [1.29, 1.82) is 5.41 Å². The summed E-state index contributed by atoms with van der Waals surface area (Å²) in [6, 6.07) is 11.9. The van der Waals surface area contributed by atoms with Gasteiger partial charge >= 0.3 is 0 Å². The Labute approximate surface area is 159 Å².